The van der Waals surface area contributed by atoms with Crippen LogP contribution in [0.2, 0.25) is 0 Å². The Morgan fingerprint density at radius 1 is 1.05 bits per heavy atom. The molecule has 0 spiro atoms. The van der Waals surface area contributed by atoms with E-state index in [0.717, 1.165) is 0 Å². The molecular formula is C17H13FO4. The topological polar surface area (TPSA) is 48.7 Å². The summed E-state index contributed by atoms with van der Waals surface area (Å²) in [7, 11) is 2.99. The fourth-order valence-corrected chi connectivity index (χ4v) is 2.28. The van der Waals surface area contributed by atoms with Gasteiger partial charge in [-0.1, -0.05) is 12.1 Å². The normalized spacial score (nSPS) is 10.7. The molecule has 0 aliphatic carbocycles. The van der Waals surface area contributed by atoms with Crippen LogP contribution in [0.15, 0.2) is 51.9 Å². The minimum atomic E-state index is -0.364. The number of rotatable bonds is 3. The van der Waals surface area contributed by atoms with Crippen LogP contribution in [-0.4, -0.2) is 14.2 Å². The highest BCUT2D eigenvalue weighted by Gasteiger charge is 2.14. The molecule has 22 heavy (non-hydrogen) atoms. The van der Waals surface area contributed by atoms with Crippen LogP contribution in [0, 0.1) is 5.82 Å². The van der Waals surface area contributed by atoms with Crippen molar-refractivity contribution >= 4 is 11.0 Å². The van der Waals surface area contributed by atoms with E-state index in [2.05, 4.69) is 0 Å². The van der Waals surface area contributed by atoms with Crippen molar-refractivity contribution in [1.29, 1.82) is 0 Å². The molecule has 0 saturated heterocycles. The number of ether oxygens (including phenoxy) is 2. The third kappa shape index (κ3) is 2.30. The molecule has 112 valence electrons. The molecule has 0 aliphatic rings. The molecule has 0 radical (unpaired) electrons. The zero-order valence-corrected chi connectivity index (χ0v) is 12.1. The van der Waals surface area contributed by atoms with E-state index < -0.39 is 0 Å². The molecular weight excluding hydrogens is 287 g/mol. The largest absolute Gasteiger partial charge is 0.497 e. The summed E-state index contributed by atoms with van der Waals surface area (Å²) in [5.74, 6) is 0.544. The van der Waals surface area contributed by atoms with Gasteiger partial charge >= 0.3 is 0 Å². The zero-order chi connectivity index (χ0) is 15.7. The van der Waals surface area contributed by atoms with Crippen LogP contribution < -0.4 is 14.9 Å². The standard InChI is InChI=1S/C17H13FO4/c1-20-12-7-13-16(19)14(10-3-5-11(18)6-4-10)9-22-17(13)15(8-12)21-2/h3-9H,1-2H3. The Morgan fingerprint density at radius 3 is 2.41 bits per heavy atom. The van der Waals surface area contributed by atoms with Crippen molar-refractivity contribution in [3.63, 3.8) is 0 Å². The quantitative estimate of drug-likeness (QED) is 0.741. The van der Waals surface area contributed by atoms with E-state index in [1.165, 1.54) is 44.7 Å². The van der Waals surface area contributed by atoms with E-state index in [4.69, 9.17) is 13.9 Å². The van der Waals surface area contributed by atoms with Crippen LogP contribution in [0.25, 0.3) is 22.1 Å². The molecule has 3 aromatic rings. The van der Waals surface area contributed by atoms with Crippen molar-refractivity contribution in [2.75, 3.05) is 14.2 Å². The summed E-state index contributed by atoms with van der Waals surface area (Å²) in [6, 6.07) is 8.89. The number of hydrogen-bond donors (Lipinski definition) is 0. The molecule has 0 saturated carbocycles. The minimum Gasteiger partial charge on any atom is -0.497 e. The molecule has 0 fully saturated rings. The van der Waals surface area contributed by atoms with Gasteiger partial charge in [0.1, 0.15) is 17.8 Å². The first-order valence-corrected chi connectivity index (χ1v) is 6.57. The maximum atomic E-state index is 13.0. The number of fused-ring (bicyclic) bond motifs is 1. The molecule has 3 rings (SSSR count). The highest BCUT2D eigenvalue weighted by atomic mass is 19.1. The van der Waals surface area contributed by atoms with E-state index in [1.54, 1.807) is 12.1 Å². The highest BCUT2D eigenvalue weighted by molar-refractivity contribution is 5.87. The van der Waals surface area contributed by atoms with Crippen LogP contribution in [-0.2, 0) is 0 Å². The van der Waals surface area contributed by atoms with E-state index in [-0.39, 0.29) is 11.2 Å². The number of hydrogen-bond acceptors (Lipinski definition) is 4. The molecule has 0 N–H and O–H groups in total. The van der Waals surface area contributed by atoms with Crippen LogP contribution in [0.4, 0.5) is 4.39 Å². The van der Waals surface area contributed by atoms with Gasteiger partial charge in [0, 0.05) is 6.07 Å². The Labute approximate surface area is 125 Å². The van der Waals surface area contributed by atoms with Gasteiger partial charge in [-0.25, -0.2) is 4.39 Å². The second-order valence-electron chi connectivity index (χ2n) is 4.69. The lowest BCUT2D eigenvalue weighted by atomic mass is 10.1. The van der Waals surface area contributed by atoms with Gasteiger partial charge in [0.15, 0.2) is 11.3 Å². The molecule has 1 heterocycles. The molecule has 0 atom stereocenters. The summed E-state index contributed by atoms with van der Waals surface area (Å²) < 4.78 is 29.0. The Morgan fingerprint density at radius 2 is 1.77 bits per heavy atom. The second-order valence-corrected chi connectivity index (χ2v) is 4.69. The third-order valence-corrected chi connectivity index (χ3v) is 3.42. The predicted octanol–water partition coefficient (Wildman–Crippen LogP) is 3.62. The summed E-state index contributed by atoms with van der Waals surface area (Å²) in [6.45, 7) is 0. The molecule has 0 unspecified atom stereocenters. The monoisotopic (exact) mass is 300 g/mol. The molecule has 0 amide bonds. The lowest BCUT2D eigenvalue weighted by Gasteiger charge is -2.08. The van der Waals surface area contributed by atoms with E-state index in [0.29, 0.717) is 33.6 Å². The van der Waals surface area contributed by atoms with Crippen molar-refractivity contribution in [2.24, 2.45) is 0 Å². The second kappa shape index (κ2) is 5.52. The number of methoxy groups -OCH3 is 2. The maximum Gasteiger partial charge on any atom is 0.200 e. The van der Waals surface area contributed by atoms with Crippen molar-refractivity contribution in [1.82, 2.24) is 0 Å². The van der Waals surface area contributed by atoms with Gasteiger partial charge in [0.25, 0.3) is 0 Å². The maximum absolute atomic E-state index is 13.0. The molecule has 5 heteroatoms. The number of halogens is 1. The first-order chi connectivity index (χ1) is 10.6. The molecule has 2 aromatic carbocycles. The van der Waals surface area contributed by atoms with Gasteiger partial charge in [0.05, 0.1) is 25.2 Å². The average molecular weight is 300 g/mol. The van der Waals surface area contributed by atoms with Crippen LogP contribution >= 0.6 is 0 Å². The van der Waals surface area contributed by atoms with Gasteiger partial charge in [-0.05, 0) is 23.8 Å². The number of benzene rings is 2. The van der Waals surface area contributed by atoms with Crippen molar-refractivity contribution < 1.29 is 18.3 Å². The Bertz CT molecular complexity index is 882. The van der Waals surface area contributed by atoms with Crippen LogP contribution in [0.3, 0.4) is 0 Å². The van der Waals surface area contributed by atoms with E-state index in [1.807, 2.05) is 0 Å². The predicted molar refractivity (Wildman–Crippen MR) is 81.0 cm³/mol. The lowest BCUT2D eigenvalue weighted by molar-refractivity contribution is 0.392. The van der Waals surface area contributed by atoms with Crippen LogP contribution in [0.5, 0.6) is 11.5 Å². The summed E-state index contributed by atoms with van der Waals surface area (Å²) in [4.78, 5) is 12.7. The van der Waals surface area contributed by atoms with Gasteiger partial charge < -0.3 is 13.9 Å². The molecule has 0 bridgehead atoms. The van der Waals surface area contributed by atoms with Gasteiger partial charge in [0.2, 0.25) is 5.43 Å². The first-order valence-electron chi connectivity index (χ1n) is 6.57. The minimum absolute atomic E-state index is 0.231. The van der Waals surface area contributed by atoms with Crippen molar-refractivity contribution in [3.05, 3.63) is 58.7 Å². The molecule has 0 aliphatic heterocycles. The molecule has 4 nitrogen and oxygen atoms in total. The smallest absolute Gasteiger partial charge is 0.200 e. The first kappa shape index (κ1) is 14.1. The Balaban J connectivity index is 2.29. The van der Waals surface area contributed by atoms with Gasteiger partial charge in [-0.2, -0.15) is 0 Å². The van der Waals surface area contributed by atoms with Gasteiger partial charge in [-0.15, -0.1) is 0 Å². The summed E-state index contributed by atoms with van der Waals surface area (Å²) >= 11 is 0. The van der Waals surface area contributed by atoms with Gasteiger partial charge in [-0.3, -0.25) is 4.79 Å². The Hall–Kier alpha value is -2.82. The van der Waals surface area contributed by atoms with E-state index >= 15 is 0 Å². The van der Waals surface area contributed by atoms with E-state index in [9.17, 15) is 9.18 Å². The molecule has 1 aromatic heterocycles. The average Bonchev–Trinajstić information content (AvgIpc) is 2.55. The summed E-state index contributed by atoms with van der Waals surface area (Å²) in [5, 5.41) is 0.345. The van der Waals surface area contributed by atoms with Crippen molar-refractivity contribution in [3.8, 4) is 22.6 Å². The van der Waals surface area contributed by atoms with Crippen molar-refractivity contribution in [2.45, 2.75) is 0 Å². The van der Waals surface area contributed by atoms with Crippen LogP contribution in [0.1, 0.15) is 0 Å². The summed E-state index contributed by atoms with van der Waals surface area (Å²) in [6.07, 6.45) is 1.35. The Kier molecular flexibility index (Phi) is 3.55. The fourth-order valence-electron chi connectivity index (χ4n) is 2.28. The lowest BCUT2D eigenvalue weighted by Crippen LogP contribution is -2.06. The SMILES string of the molecule is COc1cc(OC)c2occ(-c3ccc(F)cc3)c(=O)c2c1. The third-order valence-electron chi connectivity index (χ3n) is 3.42. The fraction of sp³-hybridized carbons (Fsp3) is 0.118. The zero-order valence-electron chi connectivity index (χ0n) is 12.1. The highest BCUT2D eigenvalue weighted by Crippen LogP contribution is 2.31. The summed E-state index contributed by atoms with van der Waals surface area (Å²) in [5.41, 5.74) is 1.05.